The first-order valence-electron chi connectivity index (χ1n) is 9.89. The first-order valence-corrected chi connectivity index (χ1v) is 10.3. The number of carbonyl (C=O) groups excluding carboxylic acids is 2. The summed E-state index contributed by atoms with van der Waals surface area (Å²) in [4.78, 5) is 29.0. The van der Waals surface area contributed by atoms with Crippen LogP contribution in [0.2, 0.25) is 0 Å². The molecule has 1 aromatic carbocycles. The number of aryl methyl sites for hydroxylation is 1. The van der Waals surface area contributed by atoms with Gasteiger partial charge in [-0.2, -0.15) is 0 Å². The van der Waals surface area contributed by atoms with Gasteiger partial charge < -0.3 is 19.5 Å². The molecule has 2 atom stereocenters. The average molecular weight is 415 g/mol. The van der Waals surface area contributed by atoms with Crippen LogP contribution in [-0.4, -0.2) is 70.2 Å². The Hall–Kier alpha value is -2.45. The standard InChI is InChI=1S/C21H26N4O3S/c1-4-28-18(26)9-10-25-19(27)21(22-20(25)29)13-23(2)12-16(21)15-11-24(3)17-8-6-5-7-14(15)17/h5-8,11,16H,4,9-10,12-13H2,1-3H3,(H,22,29)/t16-,21+/m1/s1. The van der Waals surface area contributed by atoms with Gasteiger partial charge >= 0.3 is 5.97 Å². The molecule has 1 N–H and O–H groups in total. The third kappa shape index (κ3) is 3.20. The van der Waals surface area contributed by atoms with Crippen molar-refractivity contribution in [1.29, 1.82) is 0 Å². The quantitative estimate of drug-likeness (QED) is 0.592. The first-order chi connectivity index (χ1) is 13.9. The fraction of sp³-hybridized carbons (Fsp3) is 0.476. The molecular formula is C21H26N4O3S. The Kier molecular flexibility index (Phi) is 5.08. The molecule has 3 heterocycles. The van der Waals surface area contributed by atoms with Crippen LogP contribution in [0.1, 0.15) is 24.8 Å². The lowest BCUT2D eigenvalue weighted by molar-refractivity contribution is -0.143. The number of esters is 1. The number of amides is 1. The minimum Gasteiger partial charge on any atom is -0.466 e. The largest absolute Gasteiger partial charge is 0.466 e. The van der Waals surface area contributed by atoms with E-state index in [1.54, 1.807) is 6.92 Å². The van der Waals surface area contributed by atoms with Crippen molar-refractivity contribution >= 4 is 40.1 Å². The molecule has 2 aromatic rings. The van der Waals surface area contributed by atoms with Gasteiger partial charge in [0, 0.05) is 49.7 Å². The zero-order valence-electron chi connectivity index (χ0n) is 17.0. The van der Waals surface area contributed by atoms with Crippen molar-refractivity contribution in [3.05, 3.63) is 36.0 Å². The van der Waals surface area contributed by atoms with Crippen LogP contribution in [0, 0.1) is 0 Å². The molecule has 4 rings (SSSR count). The van der Waals surface area contributed by atoms with Crippen molar-refractivity contribution in [2.75, 3.05) is 33.3 Å². The molecule has 2 aliphatic heterocycles. The molecule has 2 fully saturated rings. The van der Waals surface area contributed by atoms with E-state index in [-0.39, 0.29) is 30.8 Å². The van der Waals surface area contributed by atoms with Gasteiger partial charge in [0.15, 0.2) is 5.11 Å². The minimum absolute atomic E-state index is 0.0448. The Labute approximate surface area is 175 Å². The molecular weight excluding hydrogens is 388 g/mol. The van der Waals surface area contributed by atoms with Crippen LogP contribution in [0.5, 0.6) is 0 Å². The molecule has 29 heavy (non-hydrogen) atoms. The van der Waals surface area contributed by atoms with Crippen molar-refractivity contribution < 1.29 is 14.3 Å². The van der Waals surface area contributed by atoms with Crippen LogP contribution in [-0.2, 0) is 21.4 Å². The second kappa shape index (κ2) is 7.42. The van der Waals surface area contributed by atoms with Gasteiger partial charge in [-0.05, 0) is 37.8 Å². The summed E-state index contributed by atoms with van der Waals surface area (Å²) in [6, 6.07) is 8.24. The van der Waals surface area contributed by atoms with Gasteiger partial charge in [0.25, 0.3) is 5.91 Å². The van der Waals surface area contributed by atoms with Crippen LogP contribution in [0.25, 0.3) is 10.9 Å². The number of likely N-dealkylation sites (tertiary alicyclic amines) is 1. The number of nitrogens with zero attached hydrogens (tertiary/aromatic N) is 3. The molecule has 1 spiro atoms. The lowest BCUT2D eigenvalue weighted by Gasteiger charge is -2.28. The van der Waals surface area contributed by atoms with Crippen molar-refractivity contribution in [2.24, 2.45) is 7.05 Å². The molecule has 0 bridgehead atoms. The monoisotopic (exact) mass is 414 g/mol. The highest BCUT2D eigenvalue weighted by Gasteiger charge is 2.59. The maximum absolute atomic E-state index is 13.6. The summed E-state index contributed by atoms with van der Waals surface area (Å²) in [6.07, 6.45) is 2.25. The van der Waals surface area contributed by atoms with Gasteiger partial charge in [0.2, 0.25) is 0 Å². The van der Waals surface area contributed by atoms with E-state index in [9.17, 15) is 9.59 Å². The van der Waals surface area contributed by atoms with E-state index in [4.69, 9.17) is 17.0 Å². The maximum Gasteiger partial charge on any atom is 0.307 e. The van der Waals surface area contributed by atoms with Crippen molar-refractivity contribution in [3.63, 3.8) is 0 Å². The van der Waals surface area contributed by atoms with E-state index in [0.717, 1.165) is 23.0 Å². The third-order valence-electron chi connectivity index (χ3n) is 5.96. The Bertz CT molecular complexity index is 987. The second-order valence-corrected chi connectivity index (χ2v) is 8.26. The van der Waals surface area contributed by atoms with Gasteiger partial charge in [-0.15, -0.1) is 0 Å². The minimum atomic E-state index is -0.815. The van der Waals surface area contributed by atoms with Crippen LogP contribution < -0.4 is 5.32 Å². The van der Waals surface area contributed by atoms with Crippen LogP contribution in [0.15, 0.2) is 30.5 Å². The molecule has 7 nitrogen and oxygen atoms in total. The number of likely N-dealkylation sites (N-methyl/N-ethyl adjacent to an activating group) is 1. The Morgan fingerprint density at radius 3 is 2.86 bits per heavy atom. The molecule has 2 aliphatic rings. The van der Waals surface area contributed by atoms with Gasteiger partial charge in [0.1, 0.15) is 5.54 Å². The predicted molar refractivity (Wildman–Crippen MR) is 115 cm³/mol. The van der Waals surface area contributed by atoms with E-state index in [0.29, 0.717) is 18.3 Å². The fourth-order valence-electron chi connectivity index (χ4n) is 4.71. The number of hydrogen-bond donors (Lipinski definition) is 1. The molecule has 154 valence electrons. The van der Waals surface area contributed by atoms with Crippen LogP contribution >= 0.6 is 12.2 Å². The number of para-hydroxylation sites is 1. The Morgan fingerprint density at radius 2 is 2.10 bits per heavy atom. The van der Waals surface area contributed by atoms with Gasteiger partial charge in [-0.25, -0.2) is 0 Å². The number of thiocarbonyl (C=S) groups is 1. The smallest absolute Gasteiger partial charge is 0.307 e. The molecule has 0 aliphatic carbocycles. The van der Waals surface area contributed by atoms with E-state index in [1.165, 1.54) is 4.90 Å². The van der Waals surface area contributed by atoms with E-state index in [1.807, 2.05) is 26.2 Å². The molecule has 8 heteroatoms. The zero-order chi connectivity index (χ0) is 20.8. The molecule has 1 amide bonds. The number of carbonyl (C=O) groups is 2. The summed E-state index contributed by atoms with van der Waals surface area (Å²) < 4.78 is 7.10. The molecule has 0 radical (unpaired) electrons. The summed E-state index contributed by atoms with van der Waals surface area (Å²) in [5, 5.41) is 4.88. The average Bonchev–Trinajstić information content (AvgIpc) is 3.27. The topological polar surface area (TPSA) is 66.8 Å². The number of rotatable bonds is 5. The number of fused-ring (bicyclic) bond motifs is 1. The Morgan fingerprint density at radius 1 is 1.34 bits per heavy atom. The van der Waals surface area contributed by atoms with Crippen LogP contribution in [0.3, 0.4) is 0 Å². The maximum atomic E-state index is 13.6. The summed E-state index contributed by atoms with van der Waals surface area (Å²) in [5.41, 5.74) is 1.47. The van der Waals surface area contributed by atoms with Gasteiger partial charge in [0.05, 0.1) is 13.0 Å². The molecule has 1 aromatic heterocycles. The predicted octanol–water partition coefficient (Wildman–Crippen LogP) is 1.62. The first kappa shape index (κ1) is 19.8. The highest BCUT2D eigenvalue weighted by molar-refractivity contribution is 7.80. The second-order valence-electron chi connectivity index (χ2n) is 7.88. The van der Waals surface area contributed by atoms with Crippen molar-refractivity contribution in [1.82, 2.24) is 19.7 Å². The summed E-state index contributed by atoms with van der Waals surface area (Å²) >= 11 is 5.50. The summed E-state index contributed by atoms with van der Waals surface area (Å²) in [7, 11) is 4.05. The number of benzene rings is 1. The number of aromatic nitrogens is 1. The molecule has 2 saturated heterocycles. The van der Waals surface area contributed by atoms with Crippen molar-refractivity contribution in [3.8, 4) is 0 Å². The van der Waals surface area contributed by atoms with Gasteiger partial charge in [-0.1, -0.05) is 18.2 Å². The lowest BCUT2D eigenvalue weighted by Crippen LogP contribution is -2.52. The Balaban J connectivity index is 1.67. The number of ether oxygens (including phenoxy) is 1. The highest BCUT2D eigenvalue weighted by Crippen LogP contribution is 2.42. The normalized spacial score (nSPS) is 24.7. The molecule has 0 unspecified atom stereocenters. The SMILES string of the molecule is CCOC(=O)CCN1C(=O)[C@@]2(CN(C)C[C@@H]2c2cn(C)c3ccccc23)NC1=S. The summed E-state index contributed by atoms with van der Waals surface area (Å²) in [5.74, 6) is -0.427. The fourth-order valence-corrected chi connectivity index (χ4v) is 5.07. The summed E-state index contributed by atoms with van der Waals surface area (Å²) in [6.45, 7) is 3.64. The lowest BCUT2D eigenvalue weighted by atomic mass is 9.81. The number of hydrogen-bond acceptors (Lipinski definition) is 5. The zero-order valence-corrected chi connectivity index (χ0v) is 17.8. The van der Waals surface area contributed by atoms with E-state index in [2.05, 4.69) is 33.1 Å². The number of nitrogens with one attached hydrogen (secondary N) is 1. The van der Waals surface area contributed by atoms with Crippen LogP contribution in [0.4, 0.5) is 0 Å². The third-order valence-corrected chi connectivity index (χ3v) is 6.28. The van der Waals surface area contributed by atoms with Gasteiger partial charge in [-0.3, -0.25) is 14.5 Å². The van der Waals surface area contributed by atoms with E-state index < -0.39 is 5.54 Å². The van der Waals surface area contributed by atoms with Crippen molar-refractivity contribution in [2.45, 2.75) is 24.8 Å². The highest BCUT2D eigenvalue weighted by atomic mass is 32.1. The molecule has 0 saturated carbocycles. The van der Waals surface area contributed by atoms with E-state index >= 15 is 0 Å².